The number of rotatable bonds is 4. The van der Waals surface area contributed by atoms with Crippen molar-refractivity contribution in [2.24, 2.45) is 4.99 Å². The maximum absolute atomic E-state index is 12.6. The molecule has 1 atom stereocenters. The fourth-order valence-electron chi connectivity index (χ4n) is 3.27. The van der Waals surface area contributed by atoms with E-state index in [1.54, 1.807) is 45.0 Å². The van der Waals surface area contributed by atoms with Crippen LogP contribution in [0.2, 0.25) is 0 Å². The molecule has 0 fully saturated rings. The number of methoxy groups -OCH3 is 1. The molecule has 10 heteroatoms. The molecule has 1 aromatic rings. The van der Waals surface area contributed by atoms with Gasteiger partial charge in [0.15, 0.2) is 5.17 Å². The zero-order valence-electron chi connectivity index (χ0n) is 16.6. The highest BCUT2D eigenvalue weighted by Gasteiger charge is 2.43. The Morgan fingerprint density at radius 2 is 2.00 bits per heavy atom. The Balaban J connectivity index is 2.21. The summed E-state index contributed by atoms with van der Waals surface area (Å²) in [5.41, 5.74) is 1.78. The third kappa shape index (κ3) is 3.51. The van der Waals surface area contributed by atoms with Crippen molar-refractivity contribution in [3.05, 3.63) is 61.8 Å². The van der Waals surface area contributed by atoms with Gasteiger partial charge in [0.05, 0.1) is 34.3 Å². The number of nitro groups is 1. The molecule has 2 heterocycles. The Kier molecular flexibility index (Phi) is 5.47. The van der Waals surface area contributed by atoms with Crippen LogP contribution in [0.25, 0.3) is 0 Å². The Labute approximate surface area is 171 Å². The zero-order chi connectivity index (χ0) is 21.5. The summed E-state index contributed by atoms with van der Waals surface area (Å²) in [7, 11) is 4.59. The van der Waals surface area contributed by atoms with Crippen molar-refractivity contribution in [2.75, 3.05) is 21.2 Å². The molecule has 29 heavy (non-hydrogen) atoms. The number of hydrogen-bond donors (Lipinski definition) is 0. The van der Waals surface area contributed by atoms with Crippen LogP contribution in [-0.4, -0.2) is 53.0 Å². The van der Waals surface area contributed by atoms with Gasteiger partial charge in [-0.2, -0.15) is 0 Å². The summed E-state index contributed by atoms with van der Waals surface area (Å²) in [6.07, 6.45) is 0. The molecule has 152 valence electrons. The van der Waals surface area contributed by atoms with Crippen LogP contribution in [0.3, 0.4) is 0 Å². The number of non-ortho nitro benzene ring substituents is 1. The van der Waals surface area contributed by atoms with E-state index in [1.165, 1.54) is 35.9 Å². The van der Waals surface area contributed by atoms with E-state index >= 15 is 0 Å². The summed E-state index contributed by atoms with van der Waals surface area (Å²) < 4.78 is 4.96. The van der Waals surface area contributed by atoms with Crippen molar-refractivity contribution in [1.29, 1.82) is 0 Å². The number of thioether (sulfide) groups is 1. The monoisotopic (exact) mass is 416 g/mol. The minimum Gasteiger partial charge on any atom is -0.466 e. The molecule has 1 amide bonds. The summed E-state index contributed by atoms with van der Waals surface area (Å²) in [6.45, 7) is 3.45. The number of amides is 1. The SMILES string of the molecule is COC(=O)C1=C(C)N=C2SC(C(=O)N(C)C)=C(C)N2[C@H]1c1cccc([N+](=O)[O-])c1. The van der Waals surface area contributed by atoms with E-state index in [0.29, 0.717) is 27.0 Å². The largest absolute Gasteiger partial charge is 0.466 e. The number of carbonyl (C=O) groups excluding carboxylic acids is 2. The maximum Gasteiger partial charge on any atom is 0.338 e. The lowest BCUT2D eigenvalue weighted by atomic mass is 9.93. The number of esters is 1. The van der Waals surface area contributed by atoms with Crippen LogP contribution < -0.4 is 0 Å². The van der Waals surface area contributed by atoms with Crippen LogP contribution in [0.4, 0.5) is 5.69 Å². The standard InChI is InChI=1S/C19H20N4O5S/c1-10-14(18(25)28-5)15(12-7-6-8-13(9-12)23(26)27)22-11(2)16(17(24)21(3)4)29-19(22)20-10/h6-9,15H,1-5H3/t15-/m0/s1. The first-order valence-corrected chi connectivity index (χ1v) is 9.50. The fraction of sp³-hybridized carbons (Fsp3) is 0.316. The number of fused-ring (bicyclic) bond motifs is 1. The van der Waals surface area contributed by atoms with Crippen LogP contribution in [0.15, 0.2) is 51.1 Å². The molecule has 0 aromatic heterocycles. The number of amidine groups is 1. The predicted molar refractivity (Wildman–Crippen MR) is 109 cm³/mol. The number of nitrogens with zero attached hydrogens (tertiary/aromatic N) is 4. The lowest BCUT2D eigenvalue weighted by Gasteiger charge is -2.35. The number of aliphatic imine (C=N–C) groups is 1. The highest BCUT2D eigenvalue weighted by atomic mass is 32.2. The highest BCUT2D eigenvalue weighted by molar-refractivity contribution is 8.18. The Morgan fingerprint density at radius 1 is 1.31 bits per heavy atom. The topological polar surface area (TPSA) is 105 Å². The summed E-state index contributed by atoms with van der Waals surface area (Å²) >= 11 is 1.22. The second-order valence-corrected chi connectivity index (χ2v) is 7.70. The van der Waals surface area contributed by atoms with Gasteiger partial charge in [0.2, 0.25) is 0 Å². The average Bonchev–Trinajstić information content (AvgIpc) is 3.01. The van der Waals surface area contributed by atoms with E-state index in [9.17, 15) is 19.7 Å². The molecule has 0 N–H and O–H groups in total. The molecule has 0 spiro atoms. The van der Waals surface area contributed by atoms with Gasteiger partial charge in [-0.1, -0.05) is 12.1 Å². The number of allylic oxidation sites excluding steroid dienone is 2. The molecule has 0 saturated carbocycles. The number of nitro benzene ring substituents is 1. The number of likely N-dealkylation sites (N-methyl/N-ethyl adjacent to an activating group) is 1. The van der Waals surface area contributed by atoms with E-state index in [-0.39, 0.29) is 17.2 Å². The maximum atomic E-state index is 12.6. The fourth-order valence-corrected chi connectivity index (χ4v) is 4.50. The van der Waals surface area contributed by atoms with E-state index < -0.39 is 16.9 Å². The Hall–Kier alpha value is -3.14. The van der Waals surface area contributed by atoms with E-state index in [0.717, 1.165) is 0 Å². The minimum absolute atomic E-state index is 0.0912. The number of benzene rings is 1. The van der Waals surface area contributed by atoms with Crippen molar-refractivity contribution in [3.8, 4) is 0 Å². The van der Waals surface area contributed by atoms with Gasteiger partial charge >= 0.3 is 5.97 Å². The smallest absolute Gasteiger partial charge is 0.338 e. The van der Waals surface area contributed by atoms with Crippen molar-refractivity contribution in [1.82, 2.24) is 9.80 Å². The van der Waals surface area contributed by atoms with Crippen molar-refractivity contribution in [2.45, 2.75) is 19.9 Å². The third-order valence-corrected chi connectivity index (χ3v) is 5.82. The van der Waals surface area contributed by atoms with Gasteiger partial charge in [-0.3, -0.25) is 14.9 Å². The molecule has 0 radical (unpaired) electrons. The molecule has 0 unspecified atom stereocenters. The predicted octanol–water partition coefficient (Wildman–Crippen LogP) is 2.82. The quantitative estimate of drug-likeness (QED) is 0.422. The van der Waals surface area contributed by atoms with E-state index in [1.807, 2.05) is 0 Å². The average molecular weight is 416 g/mol. The summed E-state index contributed by atoms with van der Waals surface area (Å²) in [5, 5.41) is 11.8. The second kappa shape index (κ2) is 7.70. The molecular formula is C19H20N4O5S. The second-order valence-electron chi connectivity index (χ2n) is 6.73. The van der Waals surface area contributed by atoms with Gasteiger partial charge in [0.1, 0.15) is 0 Å². The lowest BCUT2D eigenvalue weighted by molar-refractivity contribution is -0.384. The molecule has 0 bridgehead atoms. The first kappa shape index (κ1) is 20.6. The van der Waals surface area contributed by atoms with Gasteiger partial charge in [0.25, 0.3) is 11.6 Å². The lowest BCUT2D eigenvalue weighted by Crippen LogP contribution is -2.36. The van der Waals surface area contributed by atoms with Crippen molar-refractivity contribution >= 4 is 34.5 Å². The number of ether oxygens (including phenoxy) is 1. The molecular weight excluding hydrogens is 396 g/mol. The molecule has 3 rings (SSSR count). The minimum atomic E-state index is -0.699. The van der Waals surface area contributed by atoms with Crippen LogP contribution in [0.1, 0.15) is 25.5 Å². The summed E-state index contributed by atoms with van der Waals surface area (Å²) in [6, 6.07) is 5.39. The molecule has 0 saturated heterocycles. The zero-order valence-corrected chi connectivity index (χ0v) is 17.4. The van der Waals surface area contributed by atoms with Gasteiger partial charge in [-0.05, 0) is 31.2 Å². The van der Waals surface area contributed by atoms with Crippen molar-refractivity contribution in [3.63, 3.8) is 0 Å². The first-order chi connectivity index (χ1) is 13.7. The number of carbonyl (C=O) groups is 2. The highest BCUT2D eigenvalue weighted by Crippen LogP contribution is 2.47. The molecule has 1 aromatic carbocycles. The van der Waals surface area contributed by atoms with E-state index in [4.69, 9.17) is 4.74 Å². The van der Waals surface area contributed by atoms with Crippen molar-refractivity contribution < 1.29 is 19.2 Å². The Bertz CT molecular complexity index is 1010. The Morgan fingerprint density at radius 3 is 2.59 bits per heavy atom. The van der Waals surface area contributed by atoms with Gasteiger partial charge in [-0.25, -0.2) is 9.79 Å². The van der Waals surface area contributed by atoms with Crippen LogP contribution in [0, 0.1) is 10.1 Å². The van der Waals surface area contributed by atoms with Crippen LogP contribution in [0.5, 0.6) is 0 Å². The molecule has 2 aliphatic heterocycles. The molecule has 2 aliphatic rings. The van der Waals surface area contributed by atoms with Crippen LogP contribution >= 0.6 is 11.8 Å². The summed E-state index contributed by atoms with van der Waals surface area (Å²) in [5.74, 6) is -0.758. The van der Waals surface area contributed by atoms with Gasteiger partial charge in [0, 0.05) is 31.9 Å². The van der Waals surface area contributed by atoms with Gasteiger partial charge < -0.3 is 14.5 Å². The normalized spacial score (nSPS) is 18.4. The van der Waals surface area contributed by atoms with Gasteiger partial charge in [-0.15, -0.1) is 0 Å². The number of hydrogen-bond acceptors (Lipinski definition) is 8. The van der Waals surface area contributed by atoms with E-state index in [2.05, 4.69) is 4.99 Å². The molecule has 9 nitrogen and oxygen atoms in total. The summed E-state index contributed by atoms with van der Waals surface area (Å²) in [4.78, 5) is 44.2. The first-order valence-electron chi connectivity index (χ1n) is 8.69. The van der Waals surface area contributed by atoms with Crippen LogP contribution in [-0.2, 0) is 14.3 Å². The molecule has 0 aliphatic carbocycles. The third-order valence-electron chi connectivity index (χ3n) is 4.68.